The summed E-state index contributed by atoms with van der Waals surface area (Å²) in [5, 5.41) is 0. The molecule has 8 heterocycles. The Morgan fingerprint density at radius 1 is 0.747 bits per heavy atom. The number of hydrogen-bond acceptors (Lipinski definition) is 13. The van der Waals surface area contributed by atoms with E-state index in [1.165, 1.54) is 0 Å². The highest BCUT2D eigenvalue weighted by Gasteiger charge is 2.58. The molecule has 0 radical (unpaired) electrons. The first-order chi connectivity index (χ1) is 39.9. The van der Waals surface area contributed by atoms with E-state index in [4.69, 9.17) is 63.4 Å². The van der Waals surface area contributed by atoms with Crippen molar-refractivity contribution in [2.24, 2.45) is 23.2 Å². The Morgan fingerprint density at radius 2 is 1.42 bits per heavy atom. The molecule has 18 atom stereocenters. The smallest absolute Gasteiger partial charge is 0.340 e. The topological polar surface area (TPSA) is 128 Å². The maximum Gasteiger partial charge on any atom is 0.340 e. The molecule has 3 aromatic carbocycles. The summed E-state index contributed by atoms with van der Waals surface area (Å²) >= 11 is 0. The van der Waals surface area contributed by atoms with Crippen molar-refractivity contribution in [3.63, 3.8) is 0 Å². The van der Waals surface area contributed by atoms with E-state index in [1.54, 1.807) is 0 Å². The molecule has 7 fully saturated rings. The molecule has 0 saturated carbocycles. The van der Waals surface area contributed by atoms with Crippen LogP contribution >= 0.6 is 0 Å². The largest absolute Gasteiger partial charge is 0.433 e. The molecule has 0 amide bonds. The Balaban J connectivity index is 0.782. The van der Waals surface area contributed by atoms with Crippen molar-refractivity contribution < 1.29 is 61.6 Å². The van der Waals surface area contributed by atoms with E-state index in [0.717, 1.165) is 98.7 Å². The molecule has 8 aliphatic rings. The lowest BCUT2D eigenvalue weighted by Gasteiger charge is -2.51. The summed E-state index contributed by atoms with van der Waals surface area (Å²) < 4.78 is 82.4. The van der Waals surface area contributed by atoms with Crippen molar-refractivity contribution in [3.8, 4) is 0 Å². The van der Waals surface area contributed by atoms with Gasteiger partial charge in [0.1, 0.15) is 24.4 Å². The van der Waals surface area contributed by atoms with E-state index in [0.29, 0.717) is 51.4 Å². The van der Waals surface area contributed by atoms with Gasteiger partial charge in [0.2, 0.25) is 12.1 Å². The Hall–Kier alpha value is -4.09. The first-order valence-electron chi connectivity index (χ1n) is 31.5. The van der Waals surface area contributed by atoms with Crippen molar-refractivity contribution in [2.45, 2.75) is 255 Å². The molecule has 0 aromatic heterocycles. The Labute approximate surface area is 494 Å². The zero-order chi connectivity index (χ0) is 58.0. The number of benzene rings is 3. The molecular weight excluding hydrogens is 1050 g/mol. The number of hydrogen-bond donors (Lipinski definition) is 0. The van der Waals surface area contributed by atoms with Crippen LogP contribution in [-0.2, 0) is 81.5 Å². The summed E-state index contributed by atoms with van der Waals surface area (Å²) in [6.07, 6.45) is 14.1. The molecule has 0 N–H and O–H groups in total. The van der Waals surface area contributed by atoms with Crippen molar-refractivity contribution in [1.29, 1.82) is 0 Å². The van der Waals surface area contributed by atoms with Gasteiger partial charge in [0.05, 0.1) is 63.1 Å². The summed E-state index contributed by atoms with van der Waals surface area (Å²) in [6.45, 7) is 23.7. The molecule has 3 aromatic rings. The Bertz CT molecular complexity index is 2690. The maximum absolute atomic E-state index is 13.4. The molecule has 0 unspecified atom stereocenters. The lowest BCUT2D eigenvalue weighted by atomic mass is 9.79. The van der Waals surface area contributed by atoms with Gasteiger partial charge in [0, 0.05) is 43.4 Å². The van der Waals surface area contributed by atoms with E-state index >= 15 is 0 Å². The van der Waals surface area contributed by atoms with Gasteiger partial charge in [-0.1, -0.05) is 157 Å². The fourth-order valence-corrected chi connectivity index (χ4v) is 14.3. The zero-order valence-electron chi connectivity index (χ0n) is 50.7. The van der Waals surface area contributed by atoms with Gasteiger partial charge in [0.25, 0.3) is 0 Å². The highest BCUT2D eigenvalue weighted by Crippen LogP contribution is 2.50. The number of carbonyl (C=O) groups excluding carboxylic acids is 1. The number of cyclic esters (lactones) is 1. The average Bonchev–Trinajstić information content (AvgIpc) is 4.03. The minimum absolute atomic E-state index is 0.0126. The number of fused-ring (bicyclic) bond motifs is 1. The lowest BCUT2D eigenvalue weighted by molar-refractivity contribution is -0.329. The first kappa shape index (κ1) is 60.6. The van der Waals surface area contributed by atoms with Gasteiger partial charge in [-0.25, -0.2) is 4.79 Å². The van der Waals surface area contributed by atoms with Gasteiger partial charge < -0.3 is 56.8 Å². The molecule has 83 heavy (non-hydrogen) atoms. The van der Waals surface area contributed by atoms with Crippen LogP contribution in [0.25, 0.3) is 0 Å². The third-order valence-corrected chi connectivity index (χ3v) is 19.0. The van der Waals surface area contributed by atoms with Crippen LogP contribution in [0, 0.1) is 23.2 Å². The van der Waals surface area contributed by atoms with Crippen molar-refractivity contribution >= 4 is 5.97 Å². The summed E-state index contributed by atoms with van der Waals surface area (Å²) in [6, 6.07) is 30.9. The second kappa shape index (κ2) is 25.7. The highest BCUT2D eigenvalue weighted by atomic mass is 16.8. The SMILES string of the molecule is C=C1[C@@H](OCc2ccccc2)[C@@H]2O[C@]3(CC[C@H](/C=C/[C@@H](C)[C@@H]4CC(C)=C[C@@]5(O[C@H](C[C@@]6(C)O[C@H](C(C)(C)C)OC6=O)CC[C@H]5OCc5ccccc5)O4)O3)CC[C@H]2O[C@@H]1[C@H](C[C@H](C)[C@H]1O[C@@]2(CCCCO2)CC[C@H]1C)OCc1ccccc1. The third kappa shape index (κ3) is 14.0. The summed E-state index contributed by atoms with van der Waals surface area (Å²) in [5.74, 6) is -2.32. The van der Waals surface area contributed by atoms with E-state index < -0.39 is 47.6 Å². The van der Waals surface area contributed by atoms with Crippen LogP contribution in [0.15, 0.2) is 127 Å². The predicted molar refractivity (Wildman–Crippen MR) is 315 cm³/mol. The van der Waals surface area contributed by atoms with E-state index in [1.807, 2.05) is 70.2 Å². The molecular formula is C70H94O13. The van der Waals surface area contributed by atoms with Crippen LogP contribution in [0.5, 0.6) is 0 Å². The molecule has 0 aliphatic carbocycles. The summed E-state index contributed by atoms with van der Waals surface area (Å²) in [4.78, 5) is 13.4. The van der Waals surface area contributed by atoms with Gasteiger partial charge >= 0.3 is 5.97 Å². The molecule has 3 spiro atoms. The van der Waals surface area contributed by atoms with Gasteiger partial charge in [-0.05, 0) is 112 Å². The van der Waals surface area contributed by atoms with Gasteiger partial charge in [-0.2, -0.15) is 0 Å². The molecule has 13 nitrogen and oxygen atoms in total. The second-order valence-electron chi connectivity index (χ2n) is 27.1. The molecule has 8 aliphatic heterocycles. The van der Waals surface area contributed by atoms with Crippen molar-refractivity contribution in [3.05, 3.63) is 144 Å². The van der Waals surface area contributed by atoms with Gasteiger partial charge in [0.15, 0.2) is 17.2 Å². The fourth-order valence-electron chi connectivity index (χ4n) is 14.3. The van der Waals surface area contributed by atoms with Gasteiger partial charge in [-0.15, -0.1) is 0 Å². The number of rotatable bonds is 18. The van der Waals surface area contributed by atoms with Crippen LogP contribution < -0.4 is 0 Å². The molecule has 13 heteroatoms. The van der Waals surface area contributed by atoms with E-state index in [-0.39, 0.29) is 65.9 Å². The maximum atomic E-state index is 13.4. The monoisotopic (exact) mass is 1140 g/mol. The molecule has 11 rings (SSSR count). The van der Waals surface area contributed by atoms with Crippen molar-refractivity contribution in [1.82, 2.24) is 0 Å². The normalized spacial score (nSPS) is 37.8. The first-order valence-corrected chi connectivity index (χ1v) is 31.5. The van der Waals surface area contributed by atoms with E-state index in [2.05, 4.69) is 94.5 Å². The summed E-state index contributed by atoms with van der Waals surface area (Å²) in [5.41, 5.74) is 3.72. The minimum atomic E-state index is -1.18. The fraction of sp³-hybridized carbons (Fsp3) is 0.643. The number of esters is 1. The minimum Gasteiger partial charge on any atom is -0.433 e. The highest BCUT2D eigenvalue weighted by molar-refractivity contribution is 5.80. The van der Waals surface area contributed by atoms with Gasteiger partial charge in [-0.3, -0.25) is 0 Å². The molecule has 0 bridgehead atoms. The molecule has 7 saturated heterocycles. The van der Waals surface area contributed by atoms with Crippen LogP contribution in [0.3, 0.4) is 0 Å². The van der Waals surface area contributed by atoms with Crippen LogP contribution in [0.4, 0.5) is 0 Å². The van der Waals surface area contributed by atoms with Crippen LogP contribution in [0.1, 0.15) is 162 Å². The zero-order valence-corrected chi connectivity index (χ0v) is 50.7. The average molecular weight is 1140 g/mol. The summed E-state index contributed by atoms with van der Waals surface area (Å²) in [7, 11) is 0. The Morgan fingerprint density at radius 3 is 2.10 bits per heavy atom. The number of ether oxygens (including phenoxy) is 12. The third-order valence-electron chi connectivity index (χ3n) is 19.0. The standard InChI is InChI=1S/C70H94O13/c1-46-39-57(80-70(41-46)59(73-44-52-23-15-11-16-24-52)30-29-55(79-70)42-67(9)64(71)77-65(83-67)66(6,7)8)47(2)27-28-54-32-36-69(78-54)37-33-56-63(82-69)62(74-45-53-25-17-12-18-26-53)50(5)61(76-56)58(72-43-51-21-13-10-14-22-51)40-49(4)60-48(3)31-35-68(81-60)34-19-20-38-75-68/h10-18,21-28,41,47-49,54-63,65H,5,19-20,29-40,42-45H2,1-4,6-9H3/b28-27+/t47-,48-,49+,54+,55+,56-,57+,58+,59-,60+,61+,62-,63-,65-,67-,68+,69-,70-/m1/s1. The van der Waals surface area contributed by atoms with Crippen molar-refractivity contribution in [2.75, 3.05) is 6.61 Å². The lowest BCUT2D eigenvalue weighted by Crippen LogP contribution is -2.61. The predicted octanol–water partition coefficient (Wildman–Crippen LogP) is 13.8. The Kier molecular flexibility index (Phi) is 18.8. The number of carbonyl (C=O) groups is 1. The molecule has 452 valence electrons. The second-order valence-corrected chi connectivity index (χ2v) is 27.1. The van der Waals surface area contributed by atoms with Crippen LogP contribution in [-0.4, -0.2) is 103 Å². The van der Waals surface area contributed by atoms with Crippen LogP contribution in [0.2, 0.25) is 0 Å². The quantitative estimate of drug-likeness (QED) is 0.0886. The van der Waals surface area contributed by atoms with E-state index in [9.17, 15) is 4.79 Å².